The summed E-state index contributed by atoms with van der Waals surface area (Å²) < 4.78 is 4.63. The molecular formula is C44H28N4. The van der Waals surface area contributed by atoms with Gasteiger partial charge >= 0.3 is 0 Å². The van der Waals surface area contributed by atoms with Gasteiger partial charge in [-0.2, -0.15) is 0 Å². The monoisotopic (exact) mass is 612 g/mol. The third kappa shape index (κ3) is 4.03. The van der Waals surface area contributed by atoms with E-state index in [0.29, 0.717) is 0 Å². The number of para-hydroxylation sites is 1. The predicted molar refractivity (Wildman–Crippen MR) is 199 cm³/mol. The molecule has 0 amide bonds. The van der Waals surface area contributed by atoms with Crippen molar-refractivity contribution in [3.05, 3.63) is 170 Å². The molecule has 0 fully saturated rings. The average molecular weight is 613 g/mol. The lowest BCUT2D eigenvalue weighted by Gasteiger charge is -2.11. The molecule has 0 unspecified atom stereocenters. The fraction of sp³-hybridized carbons (Fsp3) is 0. The number of pyridine rings is 2. The Morgan fingerprint density at radius 1 is 0.354 bits per heavy atom. The van der Waals surface area contributed by atoms with Gasteiger partial charge in [0.25, 0.3) is 0 Å². The molecule has 0 saturated carbocycles. The van der Waals surface area contributed by atoms with Gasteiger partial charge in [0.05, 0.1) is 33.1 Å². The summed E-state index contributed by atoms with van der Waals surface area (Å²) in [6.07, 6.45) is 3.75. The fourth-order valence-corrected chi connectivity index (χ4v) is 7.43. The van der Waals surface area contributed by atoms with E-state index >= 15 is 0 Å². The minimum absolute atomic E-state index is 1.01. The van der Waals surface area contributed by atoms with E-state index in [9.17, 15) is 0 Å². The van der Waals surface area contributed by atoms with Crippen LogP contribution in [0.5, 0.6) is 0 Å². The Kier molecular flexibility index (Phi) is 5.84. The Labute approximate surface area is 276 Å². The summed E-state index contributed by atoms with van der Waals surface area (Å²) in [5.41, 5.74) is 13.6. The first-order valence-electron chi connectivity index (χ1n) is 16.2. The maximum Gasteiger partial charge on any atom is 0.0963 e. The van der Waals surface area contributed by atoms with E-state index < -0.39 is 0 Å². The topological polar surface area (TPSA) is 35.6 Å². The molecule has 0 aliphatic carbocycles. The molecule has 48 heavy (non-hydrogen) atoms. The summed E-state index contributed by atoms with van der Waals surface area (Å²) >= 11 is 0. The Bertz CT molecular complexity index is 2760. The summed E-state index contributed by atoms with van der Waals surface area (Å²) in [7, 11) is 0. The second-order valence-electron chi connectivity index (χ2n) is 12.3. The highest BCUT2D eigenvalue weighted by atomic mass is 15.0. The van der Waals surface area contributed by atoms with Gasteiger partial charge < -0.3 is 9.13 Å². The molecule has 4 heteroatoms. The maximum atomic E-state index is 4.86. The van der Waals surface area contributed by atoms with Crippen molar-refractivity contribution in [1.29, 1.82) is 0 Å². The number of rotatable bonds is 4. The Balaban J connectivity index is 1.04. The molecule has 4 nitrogen and oxygen atoms in total. The smallest absolute Gasteiger partial charge is 0.0963 e. The van der Waals surface area contributed by atoms with Crippen molar-refractivity contribution in [2.45, 2.75) is 0 Å². The second-order valence-corrected chi connectivity index (χ2v) is 12.3. The van der Waals surface area contributed by atoms with Crippen LogP contribution in [-0.2, 0) is 0 Å². The van der Waals surface area contributed by atoms with Crippen molar-refractivity contribution < 1.29 is 0 Å². The average Bonchev–Trinajstić information content (AvgIpc) is 3.67. The lowest BCUT2D eigenvalue weighted by molar-refractivity contribution is 1.17. The Morgan fingerprint density at radius 2 is 0.875 bits per heavy atom. The molecule has 0 saturated heterocycles. The minimum Gasteiger partial charge on any atom is -0.308 e. The van der Waals surface area contributed by atoms with Gasteiger partial charge in [0, 0.05) is 34.5 Å². The van der Waals surface area contributed by atoms with Crippen molar-refractivity contribution in [3.63, 3.8) is 0 Å². The van der Waals surface area contributed by atoms with Crippen LogP contribution in [0.1, 0.15) is 0 Å². The molecule has 0 N–H and O–H groups in total. The van der Waals surface area contributed by atoms with Gasteiger partial charge in [0.2, 0.25) is 0 Å². The standard InChI is InChI=1S/C44H28N4/c1-2-10-35-31(8-1)9-5-12-36(35)32-20-25-40-38(28-32)44-42(15-7-27-46-44)48(40)34-23-18-30(19-24-34)29-16-21-33(22-17-29)47-39-13-4-3-11-37(39)43-41(47)14-6-26-45-43/h1-28H. The zero-order valence-electron chi connectivity index (χ0n) is 26.0. The summed E-state index contributed by atoms with van der Waals surface area (Å²) in [5, 5.41) is 4.81. The van der Waals surface area contributed by atoms with Gasteiger partial charge in [-0.3, -0.25) is 9.97 Å². The molecule has 6 aromatic carbocycles. The quantitative estimate of drug-likeness (QED) is 0.198. The molecule has 224 valence electrons. The molecule has 0 atom stereocenters. The van der Waals surface area contributed by atoms with Gasteiger partial charge in [-0.1, -0.05) is 91.0 Å². The molecular weight excluding hydrogens is 585 g/mol. The van der Waals surface area contributed by atoms with E-state index in [1.54, 1.807) is 0 Å². The normalized spacial score (nSPS) is 11.8. The van der Waals surface area contributed by atoms with Crippen molar-refractivity contribution in [1.82, 2.24) is 19.1 Å². The van der Waals surface area contributed by atoms with E-state index in [-0.39, 0.29) is 0 Å². The third-order valence-corrected chi connectivity index (χ3v) is 9.63. The highest BCUT2D eigenvalue weighted by molar-refractivity contribution is 6.10. The lowest BCUT2D eigenvalue weighted by atomic mass is 9.97. The summed E-state index contributed by atoms with van der Waals surface area (Å²) in [5.74, 6) is 0. The predicted octanol–water partition coefficient (Wildman–Crippen LogP) is 11.2. The van der Waals surface area contributed by atoms with Gasteiger partial charge in [0.15, 0.2) is 0 Å². The van der Waals surface area contributed by atoms with E-state index in [2.05, 4.69) is 160 Å². The molecule has 0 radical (unpaired) electrons. The third-order valence-electron chi connectivity index (χ3n) is 9.63. The molecule has 4 heterocycles. The van der Waals surface area contributed by atoms with Crippen molar-refractivity contribution in [2.24, 2.45) is 0 Å². The van der Waals surface area contributed by atoms with Crippen LogP contribution >= 0.6 is 0 Å². The van der Waals surface area contributed by atoms with E-state index in [4.69, 9.17) is 4.98 Å². The summed E-state index contributed by atoms with van der Waals surface area (Å²) in [6.45, 7) is 0. The Morgan fingerprint density at radius 3 is 1.56 bits per heavy atom. The molecule has 0 bridgehead atoms. The fourth-order valence-electron chi connectivity index (χ4n) is 7.43. The Hall–Kier alpha value is -6.52. The van der Waals surface area contributed by atoms with Crippen LogP contribution in [0.15, 0.2) is 170 Å². The second kappa shape index (κ2) is 10.5. The zero-order valence-corrected chi connectivity index (χ0v) is 26.0. The molecule has 10 aromatic rings. The molecule has 4 aromatic heterocycles. The number of aromatic nitrogens is 4. The number of nitrogens with zero attached hydrogens (tertiary/aromatic N) is 4. The van der Waals surface area contributed by atoms with Crippen LogP contribution in [0, 0.1) is 0 Å². The van der Waals surface area contributed by atoms with Crippen LogP contribution < -0.4 is 0 Å². The van der Waals surface area contributed by atoms with E-state index in [1.165, 1.54) is 33.0 Å². The molecule has 0 aliphatic rings. The van der Waals surface area contributed by atoms with Crippen molar-refractivity contribution in [2.75, 3.05) is 0 Å². The SMILES string of the molecule is c1ccc2c(-c3ccc4c(c3)c3ncccc3n4-c3ccc(-c4ccc(-n5c6ccccc6c6ncccc65)cc4)cc3)cccc2c1. The molecule has 0 aliphatic heterocycles. The van der Waals surface area contributed by atoms with Crippen molar-refractivity contribution in [3.8, 4) is 33.6 Å². The number of benzene rings is 6. The van der Waals surface area contributed by atoms with E-state index in [1.807, 2.05) is 24.5 Å². The van der Waals surface area contributed by atoms with Crippen LogP contribution in [0.25, 0.3) is 88.3 Å². The number of fused-ring (bicyclic) bond motifs is 7. The van der Waals surface area contributed by atoms with Gasteiger partial charge in [0.1, 0.15) is 0 Å². The highest BCUT2D eigenvalue weighted by Crippen LogP contribution is 2.37. The largest absolute Gasteiger partial charge is 0.308 e. The number of hydrogen-bond acceptors (Lipinski definition) is 2. The highest BCUT2D eigenvalue weighted by Gasteiger charge is 2.16. The van der Waals surface area contributed by atoms with Gasteiger partial charge in [-0.25, -0.2) is 0 Å². The minimum atomic E-state index is 1.01. The summed E-state index contributed by atoms with van der Waals surface area (Å²) in [4.78, 5) is 9.55. The van der Waals surface area contributed by atoms with Gasteiger partial charge in [-0.15, -0.1) is 0 Å². The summed E-state index contributed by atoms with van der Waals surface area (Å²) in [6, 6.07) is 56.4. The van der Waals surface area contributed by atoms with Crippen LogP contribution in [0.3, 0.4) is 0 Å². The molecule has 0 spiro atoms. The first kappa shape index (κ1) is 26.7. The van der Waals surface area contributed by atoms with Crippen LogP contribution in [-0.4, -0.2) is 19.1 Å². The number of hydrogen-bond donors (Lipinski definition) is 0. The van der Waals surface area contributed by atoms with Crippen LogP contribution in [0.2, 0.25) is 0 Å². The van der Waals surface area contributed by atoms with Crippen LogP contribution in [0.4, 0.5) is 0 Å². The first-order valence-corrected chi connectivity index (χ1v) is 16.2. The molecule has 10 rings (SSSR count). The first-order chi connectivity index (χ1) is 23.8. The lowest BCUT2D eigenvalue weighted by Crippen LogP contribution is -1.95. The van der Waals surface area contributed by atoms with Gasteiger partial charge in [-0.05, 0) is 99.8 Å². The maximum absolute atomic E-state index is 4.86. The van der Waals surface area contributed by atoms with Crippen molar-refractivity contribution >= 4 is 54.6 Å². The van der Waals surface area contributed by atoms with E-state index in [0.717, 1.165) is 55.2 Å². The zero-order chi connectivity index (χ0) is 31.6.